The number of aliphatic hydroxyl groups is 8. The molecule has 14 heteroatoms. The summed E-state index contributed by atoms with van der Waals surface area (Å²) in [5, 5.41) is 84.8. The van der Waals surface area contributed by atoms with Crippen LogP contribution < -0.4 is 0 Å². The molecule has 0 aromatic rings. The van der Waals surface area contributed by atoms with Gasteiger partial charge in [-0.2, -0.15) is 0 Å². The summed E-state index contributed by atoms with van der Waals surface area (Å²) in [7, 11) is 0. The van der Waals surface area contributed by atoms with Crippen LogP contribution in [0.1, 0.15) is 85.5 Å². The molecular formula is C39H64O14. The summed E-state index contributed by atoms with van der Waals surface area (Å²) in [6.07, 6.45) is -7.76. The van der Waals surface area contributed by atoms with Crippen molar-refractivity contribution in [3.63, 3.8) is 0 Å². The molecule has 0 bridgehead atoms. The molecule has 0 aromatic heterocycles. The van der Waals surface area contributed by atoms with Crippen molar-refractivity contribution in [1.82, 2.24) is 0 Å². The highest BCUT2D eigenvalue weighted by Gasteiger charge is 2.70. The summed E-state index contributed by atoms with van der Waals surface area (Å²) in [5.41, 5.74) is -0.0529. The van der Waals surface area contributed by atoms with Gasteiger partial charge in [0.1, 0.15) is 48.8 Å². The first kappa shape index (κ1) is 39.3. The monoisotopic (exact) mass is 756 g/mol. The molecule has 4 aliphatic heterocycles. The lowest BCUT2D eigenvalue weighted by Crippen LogP contribution is -2.65. The van der Waals surface area contributed by atoms with Crippen LogP contribution in [0.25, 0.3) is 0 Å². The Kier molecular flexibility index (Phi) is 10.6. The molecule has 4 saturated carbocycles. The Balaban J connectivity index is 1.02. The Morgan fingerprint density at radius 2 is 1.34 bits per heavy atom. The highest BCUT2D eigenvalue weighted by atomic mass is 16.7. The maximum Gasteiger partial charge on any atom is 0.187 e. The van der Waals surface area contributed by atoms with E-state index in [0.717, 1.165) is 51.6 Å². The standard InChI is InChI=1S/C39H64O14/c1-17-5-10-39(48-16-17)18(2)28-25(53-39)13-22-20-12-24(23-11-19(42)6-8-37(23,3)21(20)7-9-38(22,28)4)49-35-33(47)31(45)34(27(15-41)51-35)52-36-32(46)30(44)29(43)26(14-40)50-36/h17-36,40-47H,5-16H2,1-4H3/t17-,18+,19+,20-,21+,22+,23-,24+,25+,26-,27-,28+,29-,30+,31-,32-,33-,34-,35-,36+,37-,38+,39-/m1/s1. The number of aliphatic hydroxyl groups excluding tert-OH is 8. The first-order valence-electron chi connectivity index (χ1n) is 20.4. The molecule has 8 aliphatic rings. The summed E-state index contributed by atoms with van der Waals surface area (Å²) in [5.74, 6) is 1.87. The van der Waals surface area contributed by atoms with Crippen LogP contribution in [0.5, 0.6) is 0 Å². The molecule has 8 fully saturated rings. The van der Waals surface area contributed by atoms with Crippen LogP contribution in [0, 0.1) is 52.3 Å². The summed E-state index contributed by atoms with van der Waals surface area (Å²) >= 11 is 0. The molecule has 304 valence electrons. The summed E-state index contributed by atoms with van der Waals surface area (Å²) in [6, 6.07) is 0. The number of fused-ring (bicyclic) bond motifs is 7. The van der Waals surface area contributed by atoms with Crippen LogP contribution in [0.15, 0.2) is 0 Å². The second kappa shape index (κ2) is 14.4. The molecule has 14 nitrogen and oxygen atoms in total. The molecule has 1 spiro atoms. The summed E-state index contributed by atoms with van der Waals surface area (Å²) in [4.78, 5) is 0. The molecule has 0 unspecified atom stereocenters. The van der Waals surface area contributed by atoms with Crippen molar-refractivity contribution < 1.29 is 69.3 Å². The normalized spacial score (nSPS) is 59.5. The average Bonchev–Trinajstić information content (AvgIpc) is 3.58. The van der Waals surface area contributed by atoms with E-state index in [9.17, 15) is 40.9 Å². The molecule has 4 heterocycles. The topological polar surface area (TPSA) is 217 Å². The third-order valence-electron chi connectivity index (χ3n) is 16.2. The number of hydrogen-bond acceptors (Lipinski definition) is 14. The number of rotatable bonds is 6. The smallest absolute Gasteiger partial charge is 0.187 e. The third-order valence-corrected chi connectivity index (χ3v) is 16.2. The van der Waals surface area contributed by atoms with Crippen molar-refractivity contribution in [3.8, 4) is 0 Å². The largest absolute Gasteiger partial charge is 0.394 e. The van der Waals surface area contributed by atoms with Gasteiger partial charge < -0.3 is 69.3 Å². The Bertz CT molecular complexity index is 1290. The first-order chi connectivity index (χ1) is 25.2. The molecule has 0 amide bonds. The Hall–Kier alpha value is -0.560. The van der Waals surface area contributed by atoms with Gasteiger partial charge in [-0.05, 0) is 97.7 Å². The predicted octanol–water partition coefficient (Wildman–Crippen LogP) is 0.413. The van der Waals surface area contributed by atoms with Gasteiger partial charge in [-0.25, -0.2) is 0 Å². The molecule has 0 aromatic carbocycles. The maximum absolute atomic E-state index is 11.5. The van der Waals surface area contributed by atoms with Gasteiger partial charge in [-0.1, -0.05) is 27.7 Å². The van der Waals surface area contributed by atoms with E-state index in [2.05, 4.69) is 27.7 Å². The zero-order valence-electron chi connectivity index (χ0n) is 31.6. The minimum absolute atomic E-state index is 0.0163. The van der Waals surface area contributed by atoms with E-state index < -0.39 is 92.6 Å². The summed E-state index contributed by atoms with van der Waals surface area (Å²) < 4.78 is 37.7. The van der Waals surface area contributed by atoms with Gasteiger partial charge in [0.15, 0.2) is 18.4 Å². The van der Waals surface area contributed by atoms with Gasteiger partial charge in [0.05, 0.1) is 38.1 Å². The van der Waals surface area contributed by atoms with Gasteiger partial charge in [0.2, 0.25) is 0 Å². The number of ether oxygens (including phenoxy) is 6. The zero-order chi connectivity index (χ0) is 37.8. The third kappa shape index (κ3) is 6.20. The van der Waals surface area contributed by atoms with E-state index in [1.54, 1.807) is 0 Å². The fourth-order valence-electron chi connectivity index (χ4n) is 13.3. The molecule has 23 atom stereocenters. The molecule has 4 aliphatic carbocycles. The van der Waals surface area contributed by atoms with E-state index in [4.69, 9.17) is 28.4 Å². The zero-order valence-corrected chi connectivity index (χ0v) is 31.6. The highest BCUT2D eigenvalue weighted by Crippen LogP contribution is 2.71. The summed E-state index contributed by atoms with van der Waals surface area (Å²) in [6.45, 7) is 8.84. The van der Waals surface area contributed by atoms with Crippen molar-refractivity contribution in [2.45, 2.75) is 171 Å². The predicted molar refractivity (Wildman–Crippen MR) is 184 cm³/mol. The van der Waals surface area contributed by atoms with E-state index in [-0.39, 0.29) is 28.8 Å². The minimum Gasteiger partial charge on any atom is -0.394 e. The van der Waals surface area contributed by atoms with Gasteiger partial charge in [-0.3, -0.25) is 0 Å². The lowest BCUT2D eigenvalue weighted by molar-refractivity contribution is -0.367. The SMILES string of the molecule is C[C@@H]1CC[C@@]2(OC1)O[C@H]1C[C@H]3[C@@H]4C[C@H](O[C@@H]5O[C@H](CO)[C@@H](O[C@@H]6O[C@H](CO)[C@@H](O)[C@H](O)[C@H]6O)[C@H](O)[C@H]5O)[C@H]5C[C@@H](O)CC[C@]5(C)[C@H]4CC[C@]3(C)[C@H]1[C@@H]2C. The van der Waals surface area contributed by atoms with E-state index in [0.29, 0.717) is 42.4 Å². The van der Waals surface area contributed by atoms with Gasteiger partial charge in [0.25, 0.3) is 0 Å². The van der Waals surface area contributed by atoms with Crippen LogP contribution >= 0.6 is 0 Å². The van der Waals surface area contributed by atoms with Crippen LogP contribution in [-0.4, -0.2) is 146 Å². The van der Waals surface area contributed by atoms with Gasteiger partial charge >= 0.3 is 0 Å². The van der Waals surface area contributed by atoms with Gasteiger partial charge in [-0.15, -0.1) is 0 Å². The van der Waals surface area contributed by atoms with Crippen molar-refractivity contribution in [3.05, 3.63) is 0 Å². The van der Waals surface area contributed by atoms with Crippen LogP contribution in [0.4, 0.5) is 0 Å². The fraction of sp³-hybridized carbons (Fsp3) is 1.00. The van der Waals surface area contributed by atoms with E-state index in [1.165, 1.54) is 0 Å². The second-order valence-corrected chi connectivity index (χ2v) is 18.8. The van der Waals surface area contributed by atoms with Crippen molar-refractivity contribution in [1.29, 1.82) is 0 Å². The van der Waals surface area contributed by atoms with E-state index in [1.807, 2.05) is 0 Å². The van der Waals surface area contributed by atoms with Gasteiger partial charge in [0, 0.05) is 12.3 Å². The Labute approximate surface area is 312 Å². The lowest BCUT2D eigenvalue weighted by Gasteiger charge is -2.63. The minimum atomic E-state index is -1.75. The molecular weight excluding hydrogens is 692 g/mol. The average molecular weight is 757 g/mol. The number of hydrogen-bond donors (Lipinski definition) is 8. The quantitative estimate of drug-likeness (QED) is 0.173. The van der Waals surface area contributed by atoms with E-state index >= 15 is 0 Å². The van der Waals surface area contributed by atoms with Crippen molar-refractivity contribution >= 4 is 0 Å². The second-order valence-electron chi connectivity index (χ2n) is 18.8. The molecule has 8 rings (SSSR count). The van der Waals surface area contributed by atoms with Crippen molar-refractivity contribution in [2.75, 3.05) is 19.8 Å². The fourth-order valence-corrected chi connectivity index (χ4v) is 13.3. The highest BCUT2D eigenvalue weighted by molar-refractivity contribution is 5.16. The maximum atomic E-state index is 11.5. The van der Waals surface area contributed by atoms with Crippen LogP contribution in [-0.2, 0) is 28.4 Å². The molecule has 4 saturated heterocycles. The van der Waals surface area contributed by atoms with Crippen LogP contribution in [0.2, 0.25) is 0 Å². The first-order valence-corrected chi connectivity index (χ1v) is 20.4. The molecule has 0 radical (unpaired) electrons. The molecule has 53 heavy (non-hydrogen) atoms. The molecule has 8 N–H and O–H groups in total. The Morgan fingerprint density at radius 1 is 0.660 bits per heavy atom. The Morgan fingerprint density at radius 3 is 2.04 bits per heavy atom. The van der Waals surface area contributed by atoms with Crippen molar-refractivity contribution in [2.24, 2.45) is 52.3 Å². The lowest BCUT2D eigenvalue weighted by atomic mass is 9.43. The van der Waals surface area contributed by atoms with Crippen LogP contribution in [0.3, 0.4) is 0 Å².